The minimum absolute atomic E-state index is 0. The van der Waals surface area contributed by atoms with Crippen LogP contribution in [0.4, 0.5) is 0 Å². The molecule has 0 rings (SSSR count). The van der Waals surface area contributed by atoms with E-state index in [0.717, 1.165) is 6.42 Å². The van der Waals surface area contributed by atoms with Gasteiger partial charge in [0.2, 0.25) is 0 Å². The van der Waals surface area contributed by atoms with Crippen LogP contribution in [0.1, 0.15) is 32.6 Å². The molecule has 0 radical (unpaired) electrons. The predicted octanol–water partition coefficient (Wildman–Crippen LogP) is -0.420. The average molecular weight is 171 g/mol. The van der Waals surface area contributed by atoms with Gasteiger partial charge in [-0.25, -0.2) is 0 Å². The standard InChI is InChI=1S/C8H15.ClH.Mg/c1-3-5-7-8-6-4-2;;/h5,7H,1,3-4,6,8H2,2H3;1H;/q-1;;+2/p-1/b7-5-;;. The number of hydrogen-bond acceptors (Lipinski definition) is 0. The van der Waals surface area contributed by atoms with Crippen molar-refractivity contribution in [3.63, 3.8) is 0 Å². The predicted molar refractivity (Wildman–Crippen MR) is 44.4 cm³/mol. The summed E-state index contributed by atoms with van der Waals surface area (Å²) in [4.78, 5) is 0. The molecule has 0 aliphatic heterocycles. The second-order valence-corrected chi connectivity index (χ2v) is 1.90. The summed E-state index contributed by atoms with van der Waals surface area (Å²) in [7, 11) is 0. The Morgan fingerprint density at radius 3 is 2.30 bits per heavy atom. The van der Waals surface area contributed by atoms with Crippen molar-refractivity contribution < 1.29 is 12.4 Å². The van der Waals surface area contributed by atoms with Crippen molar-refractivity contribution in [3.8, 4) is 0 Å². The van der Waals surface area contributed by atoms with E-state index in [2.05, 4.69) is 26.0 Å². The minimum Gasteiger partial charge on any atom is -1.00 e. The van der Waals surface area contributed by atoms with Crippen LogP contribution in [0.3, 0.4) is 0 Å². The Hall–Kier alpha value is 0.796. The zero-order valence-corrected chi connectivity index (χ0v) is 8.95. The fraction of sp³-hybridized carbons (Fsp3) is 0.625. The van der Waals surface area contributed by atoms with E-state index >= 15 is 0 Å². The molecular formula is C8H15ClMg. The zero-order valence-electron chi connectivity index (χ0n) is 6.78. The van der Waals surface area contributed by atoms with Crippen LogP contribution in [0, 0.1) is 6.92 Å². The number of halogens is 1. The van der Waals surface area contributed by atoms with Crippen molar-refractivity contribution in [2.75, 3.05) is 0 Å². The molecule has 2 heteroatoms. The molecular weight excluding hydrogens is 156 g/mol. The van der Waals surface area contributed by atoms with Gasteiger partial charge < -0.3 is 19.3 Å². The molecule has 0 aromatic carbocycles. The molecule has 0 bridgehead atoms. The van der Waals surface area contributed by atoms with Crippen LogP contribution in [-0.4, -0.2) is 23.1 Å². The first-order valence-electron chi connectivity index (χ1n) is 3.36. The van der Waals surface area contributed by atoms with Gasteiger partial charge in [0.25, 0.3) is 0 Å². The maximum Gasteiger partial charge on any atom is 2.00 e. The molecule has 0 N–H and O–H groups in total. The van der Waals surface area contributed by atoms with Crippen molar-refractivity contribution in [3.05, 3.63) is 19.1 Å². The molecule has 0 fully saturated rings. The molecule has 10 heavy (non-hydrogen) atoms. The summed E-state index contributed by atoms with van der Waals surface area (Å²) in [6.07, 6.45) is 9.10. The summed E-state index contributed by atoms with van der Waals surface area (Å²) in [6.45, 7) is 5.90. The van der Waals surface area contributed by atoms with Gasteiger partial charge in [-0.15, -0.1) is 6.08 Å². The Kier molecular flexibility index (Phi) is 28.0. The van der Waals surface area contributed by atoms with E-state index in [1.807, 2.05) is 0 Å². The Balaban J connectivity index is -0.000000245. The summed E-state index contributed by atoms with van der Waals surface area (Å²) in [6, 6.07) is 0. The Morgan fingerprint density at radius 2 is 1.90 bits per heavy atom. The Labute approximate surface area is 87.0 Å². The number of unbranched alkanes of at least 4 members (excludes halogenated alkanes) is 2. The third kappa shape index (κ3) is 15.9. The molecule has 0 amide bonds. The van der Waals surface area contributed by atoms with Crippen LogP contribution in [0.2, 0.25) is 0 Å². The number of allylic oxidation sites excluding steroid dienone is 2. The van der Waals surface area contributed by atoms with Crippen LogP contribution in [-0.2, 0) is 0 Å². The summed E-state index contributed by atoms with van der Waals surface area (Å²) in [5, 5.41) is 0. The van der Waals surface area contributed by atoms with Crippen LogP contribution in [0.25, 0.3) is 0 Å². The fourth-order valence-electron chi connectivity index (χ4n) is 0.558. The minimum atomic E-state index is 0. The fourth-order valence-corrected chi connectivity index (χ4v) is 0.558. The van der Waals surface area contributed by atoms with Crippen molar-refractivity contribution in [1.29, 1.82) is 0 Å². The van der Waals surface area contributed by atoms with Gasteiger partial charge in [-0.3, -0.25) is 0 Å². The third-order valence-electron chi connectivity index (χ3n) is 1.06. The largest absolute Gasteiger partial charge is 2.00 e. The molecule has 0 atom stereocenters. The average Bonchev–Trinajstić information content (AvgIpc) is 1.81. The molecule has 56 valence electrons. The zero-order chi connectivity index (χ0) is 6.24. The molecule has 0 saturated carbocycles. The van der Waals surface area contributed by atoms with Crippen LogP contribution < -0.4 is 12.4 Å². The van der Waals surface area contributed by atoms with Gasteiger partial charge in [0.15, 0.2) is 0 Å². The first kappa shape index (κ1) is 17.0. The third-order valence-corrected chi connectivity index (χ3v) is 1.06. The summed E-state index contributed by atoms with van der Waals surface area (Å²) in [5.41, 5.74) is 0. The topological polar surface area (TPSA) is 0 Å². The summed E-state index contributed by atoms with van der Waals surface area (Å²) >= 11 is 0. The first-order valence-corrected chi connectivity index (χ1v) is 3.36. The maximum atomic E-state index is 3.70. The van der Waals surface area contributed by atoms with Crippen LogP contribution in [0.15, 0.2) is 12.2 Å². The van der Waals surface area contributed by atoms with Gasteiger partial charge in [-0.1, -0.05) is 25.8 Å². The molecule has 0 spiro atoms. The molecule has 0 aliphatic rings. The molecule has 0 aromatic heterocycles. The van der Waals surface area contributed by atoms with E-state index in [-0.39, 0.29) is 35.5 Å². The van der Waals surface area contributed by atoms with Gasteiger partial charge in [0.05, 0.1) is 0 Å². The van der Waals surface area contributed by atoms with Gasteiger partial charge in [0, 0.05) is 0 Å². The van der Waals surface area contributed by atoms with E-state index in [4.69, 9.17) is 0 Å². The van der Waals surface area contributed by atoms with Gasteiger partial charge in [-0.2, -0.15) is 6.42 Å². The van der Waals surface area contributed by atoms with E-state index in [1.165, 1.54) is 19.3 Å². The Morgan fingerprint density at radius 1 is 1.30 bits per heavy atom. The van der Waals surface area contributed by atoms with E-state index in [9.17, 15) is 0 Å². The van der Waals surface area contributed by atoms with E-state index < -0.39 is 0 Å². The smallest absolute Gasteiger partial charge is 1.00 e. The van der Waals surface area contributed by atoms with Crippen LogP contribution in [0.5, 0.6) is 0 Å². The number of rotatable bonds is 4. The SMILES string of the molecule is [CH2-]C/C=C\CCCC.[Cl-].[Mg+2]. The van der Waals surface area contributed by atoms with Gasteiger partial charge in [0.1, 0.15) is 0 Å². The molecule has 0 aliphatic carbocycles. The molecule has 0 heterocycles. The second kappa shape index (κ2) is 16.4. The van der Waals surface area contributed by atoms with Gasteiger partial charge >= 0.3 is 23.1 Å². The van der Waals surface area contributed by atoms with Crippen LogP contribution >= 0.6 is 0 Å². The Bertz CT molecular complexity index is 62.3. The second-order valence-electron chi connectivity index (χ2n) is 1.90. The normalized spacial score (nSPS) is 8.60. The molecule has 0 saturated heterocycles. The molecule has 0 unspecified atom stereocenters. The molecule has 0 nitrogen and oxygen atoms in total. The van der Waals surface area contributed by atoms with Crippen molar-refractivity contribution in [1.82, 2.24) is 0 Å². The monoisotopic (exact) mass is 170 g/mol. The van der Waals surface area contributed by atoms with Crippen molar-refractivity contribution in [2.24, 2.45) is 0 Å². The van der Waals surface area contributed by atoms with E-state index in [1.54, 1.807) is 0 Å². The van der Waals surface area contributed by atoms with Crippen molar-refractivity contribution in [2.45, 2.75) is 32.6 Å². The van der Waals surface area contributed by atoms with Gasteiger partial charge in [-0.05, 0) is 6.42 Å². The summed E-state index contributed by atoms with van der Waals surface area (Å²) in [5.74, 6) is 0. The maximum absolute atomic E-state index is 3.70. The quantitative estimate of drug-likeness (QED) is 0.233. The van der Waals surface area contributed by atoms with Crippen molar-refractivity contribution >= 4 is 23.1 Å². The number of hydrogen-bond donors (Lipinski definition) is 0. The van der Waals surface area contributed by atoms with E-state index in [0.29, 0.717) is 0 Å². The summed E-state index contributed by atoms with van der Waals surface area (Å²) < 4.78 is 0. The molecule has 0 aromatic rings. The first-order chi connectivity index (χ1) is 3.91.